The van der Waals surface area contributed by atoms with E-state index in [-0.39, 0.29) is 0 Å². The van der Waals surface area contributed by atoms with Gasteiger partial charge in [-0.3, -0.25) is 10.00 Å². The highest BCUT2D eigenvalue weighted by Crippen LogP contribution is 2.30. The van der Waals surface area contributed by atoms with E-state index in [4.69, 9.17) is 12.2 Å². The Balaban J connectivity index is 1.58. The summed E-state index contributed by atoms with van der Waals surface area (Å²) in [5.74, 6) is 0. The lowest BCUT2D eigenvalue weighted by atomic mass is 10.3. The minimum Gasteiger partial charge on any atom is -0.356 e. The third-order valence-corrected chi connectivity index (χ3v) is 4.07. The van der Waals surface area contributed by atoms with E-state index in [9.17, 15) is 0 Å². The molecule has 0 amide bonds. The first-order valence-electron chi connectivity index (χ1n) is 5.37. The molecule has 1 aliphatic heterocycles. The second-order valence-corrected chi connectivity index (χ2v) is 5.94. The molecule has 3 rings (SSSR count). The standard InChI is InChI=1S/C9H14N4S2/c14-9-12-11-8(15-9)10-6-3-4-13(5-6)7-1-2-7/h6-7H,1-5H2,(H,10,11)(H,12,14). The number of hydrogen-bond donors (Lipinski definition) is 2. The Morgan fingerprint density at radius 3 is 3.00 bits per heavy atom. The van der Waals surface area contributed by atoms with Crippen molar-refractivity contribution < 1.29 is 0 Å². The molecule has 2 fully saturated rings. The minimum absolute atomic E-state index is 0.555. The number of likely N-dealkylation sites (tertiary alicyclic amines) is 1. The topological polar surface area (TPSA) is 44.0 Å². The van der Waals surface area contributed by atoms with Gasteiger partial charge in [0.2, 0.25) is 5.13 Å². The van der Waals surface area contributed by atoms with Gasteiger partial charge in [0.05, 0.1) is 0 Å². The molecular weight excluding hydrogens is 228 g/mol. The normalized spacial score (nSPS) is 27.1. The van der Waals surface area contributed by atoms with Crippen molar-refractivity contribution in [3.05, 3.63) is 3.95 Å². The van der Waals surface area contributed by atoms with E-state index in [2.05, 4.69) is 20.4 Å². The number of rotatable bonds is 3. The molecule has 0 bridgehead atoms. The third-order valence-electron chi connectivity index (χ3n) is 3.05. The van der Waals surface area contributed by atoms with Crippen LogP contribution in [0.1, 0.15) is 19.3 Å². The van der Waals surface area contributed by atoms with Crippen LogP contribution in [0, 0.1) is 3.95 Å². The Labute approximate surface area is 97.7 Å². The van der Waals surface area contributed by atoms with Crippen LogP contribution in [-0.4, -0.2) is 40.3 Å². The number of anilines is 1. The predicted molar refractivity (Wildman–Crippen MR) is 63.9 cm³/mol. The molecule has 82 valence electrons. The number of nitrogens with zero attached hydrogens (tertiary/aromatic N) is 2. The quantitative estimate of drug-likeness (QED) is 0.794. The van der Waals surface area contributed by atoms with Crippen LogP contribution in [0.3, 0.4) is 0 Å². The Morgan fingerprint density at radius 1 is 1.47 bits per heavy atom. The van der Waals surface area contributed by atoms with Crippen molar-refractivity contribution >= 4 is 28.7 Å². The van der Waals surface area contributed by atoms with E-state index in [1.165, 1.54) is 37.1 Å². The van der Waals surface area contributed by atoms with Crippen LogP contribution in [0.2, 0.25) is 0 Å². The van der Waals surface area contributed by atoms with Gasteiger partial charge in [0.1, 0.15) is 0 Å². The van der Waals surface area contributed by atoms with Crippen molar-refractivity contribution in [3.63, 3.8) is 0 Å². The number of hydrogen-bond acceptors (Lipinski definition) is 5. The minimum atomic E-state index is 0.555. The molecule has 0 aromatic carbocycles. The zero-order chi connectivity index (χ0) is 10.3. The molecule has 0 radical (unpaired) electrons. The Morgan fingerprint density at radius 2 is 2.33 bits per heavy atom. The summed E-state index contributed by atoms with van der Waals surface area (Å²) in [6, 6.07) is 1.44. The van der Waals surface area contributed by atoms with E-state index in [0.717, 1.165) is 21.7 Å². The Hall–Kier alpha value is -0.460. The molecule has 0 spiro atoms. The van der Waals surface area contributed by atoms with Gasteiger partial charge in [-0.2, -0.15) is 0 Å². The SMILES string of the molecule is S=c1[nH]nc(NC2CCN(C3CC3)C2)s1. The number of aromatic amines is 1. The lowest BCUT2D eigenvalue weighted by Crippen LogP contribution is -2.27. The molecule has 1 aliphatic carbocycles. The molecule has 2 heterocycles. The van der Waals surface area contributed by atoms with Gasteiger partial charge in [0.15, 0.2) is 3.95 Å². The summed E-state index contributed by atoms with van der Waals surface area (Å²) in [7, 11) is 0. The van der Waals surface area contributed by atoms with Gasteiger partial charge in [-0.15, -0.1) is 5.10 Å². The second-order valence-electron chi connectivity index (χ2n) is 4.27. The Bertz CT molecular complexity index is 395. The molecule has 4 nitrogen and oxygen atoms in total. The van der Waals surface area contributed by atoms with Gasteiger partial charge in [0, 0.05) is 25.2 Å². The lowest BCUT2D eigenvalue weighted by molar-refractivity contribution is 0.326. The van der Waals surface area contributed by atoms with Crippen molar-refractivity contribution in [2.24, 2.45) is 0 Å². The fraction of sp³-hybridized carbons (Fsp3) is 0.778. The summed E-state index contributed by atoms with van der Waals surface area (Å²) >= 11 is 6.52. The largest absolute Gasteiger partial charge is 0.356 e. The van der Waals surface area contributed by atoms with Crippen molar-refractivity contribution in [2.45, 2.75) is 31.3 Å². The average molecular weight is 242 g/mol. The summed E-state index contributed by atoms with van der Waals surface area (Å²) in [5, 5.41) is 11.3. The first-order chi connectivity index (χ1) is 7.31. The molecular formula is C9H14N4S2. The van der Waals surface area contributed by atoms with Gasteiger partial charge in [0.25, 0.3) is 0 Å². The van der Waals surface area contributed by atoms with E-state index < -0.39 is 0 Å². The molecule has 1 unspecified atom stereocenters. The summed E-state index contributed by atoms with van der Waals surface area (Å²) < 4.78 is 0.745. The van der Waals surface area contributed by atoms with Crippen LogP contribution in [0.25, 0.3) is 0 Å². The maximum atomic E-state index is 5.00. The molecule has 2 aliphatic rings. The first kappa shape index (κ1) is 9.74. The van der Waals surface area contributed by atoms with Gasteiger partial charge in [-0.1, -0.05) is 11.3 Å². The fourth-order valence-corrected chi connectivity index (χ4v) is 3.01. The van der Waals surface area contributed by atoms with E-state index in [1.54, 1.807) is 0 Å². The van der Waals surface area contributed by atoms with Crippen LogP contribution in [0.15, 0.2) is 0 Å². The van der Waals surface area contributed by atoms with Gasteiger partial charge < -0.3 is 5.32 Å². The number of nitrogens with one attached hydrogen (secondary N) is 2. The highest BCUT2D eigenvalue weighted by molar-refractivity contribution is 7.73. The Kier molecular flexibility index (Phi) is 2.50. The molecule has 15 heavy (non-hydrogen) atoms. The lowest BCUT2D eigenvalue weighted by Gasteiger charge is -2.14. The average Bonchev–Trinajstić information content (AvgIpc) is 2.84. The highest BCUT2D eigenvalue weighted by atomic mass is 32.1. The van der Waals surface area contributed by atoms with Crippen molar-refractivity contribution in [1.29, 1.82) is 0 Å². The fourth-order valence-electron chi connectivity index (χ4n) is 2.14. The molecule has 1 saturated heterocycles. The van der Waals surface area contributed by atoms with Gasteiger partial charge >= 0.3 is 0 Å². The predicted octanol–water partition coefficient (Wildman–Crippen LogP) is 1.85. The van der Waals surface area contributed by atoms with Crippen molar-refractivity contribution in [2.75, 3.05) is 18.4 Å². The maximum Gasteiger partial charge on any atom is 0.204 e. The summed E-state index contributed by atoms with van der Waals surface area (Å²) in [5.41, 5.74) is 0. The molecule has 1 atom stereocenters. The molecule has 1 aromatic heterocycles. The smallest absolute Gasteiger partial charge is 0.204 e. The molecule has 1 aromatic rings. The highest BCUT2D eigenvalue weighted by Gasteiger charge is 2.34. The van der Waals surface area contributed by atoms with Crippen LogP contribution in [0.4, 0.5) is 5.13 Å². The third kappa shape index (κ3) is 2.21. The van der Waals surface area contributed by atoms with Crippen LogP contribution >= 0.6 is 23.6 Å². The second kappa shape index (κ2) is 3.84. The van der Waals surface area contributed by atoms with Gasteiger partial charge in [-0.05, 0) is 31.5 Å². The molecule has 2 N–H and O–H groups in total. The number of aromatic nitrogens is 2. The van der Waals surface area contributed by atoms with Gasteiger partial charge in [-0.25, -0.2) is 0 Å². The van der Waals surface area contributed by atoms with E-state index in [0.29, 0.717) is 6.04 Å². The van der Waals surface area contributed by atoms with Crippen LogP contribution in [-0.2, 0) is 0 Å². The van der Waals surface area contributed by atoms with Crippen molar-refractivity contribution in [1.82, 2.24) is 15.1 Å². The summed E-state index contributed by atoms with van der Waals surface area (Å²) in [6.45, 7) is 2.40. The zero-order valence-corrected chi connectivity index (χ0v) is 10.0. The number of H-pyrrole nitrogens is 1. The van der Waals surface area contributed by atoms with Crippen LogP contribution in [0.5, 0.6) is 0 Å². The van der Waals surface area contributed by atoms with Crippen LogP contribution < -0.4 is 5.32 Å². The monoisotopic (exact) mass is 242 g/mol. The molecule has 1 saturated carbocycles. The summed E-state index contributed by atoms with van der Waals surface area (Å²) in [4.78, 5) is 2.59. The summed E-state index contributed by atoms with van der Waals surface area (Å²) in [6.07, 6.45) is 4.02. The zero-order valence-electron chi connectivity index (χ0n) is 8.40. The first-order valence-corrected chi connectivity index (χ1v) is 6.60. The van der Waals surface area contributed by atoms with E-state index >= 15 is 0 Å². The van der Waals surface area contributed by atoms with Crippen molar-refractivity contribution in [3.8, 4) is 0 Å². The maximum absolute atomic E-state index is 5.00. The van der Waals surface area contributed by atoms with E-state index in [1.807, 2.05) is 0 Å². The molecule has 6 heteroatoms.